The lowest BCUT2D eigenvalue weighted by Crippen LogP contribution is -2.39. The number of benzene rings is 1. The van der Waals surface area contributed by atoms with E-state index in [2.05, 4.69) is 24.8 Å². The van der Waals surface area contributed by atoms with Crippen molar-refractivity contribution in [1.82, 2.24) is 4.90 Å². The number of nitrogens with zero attached hydrogens (tertiary/aromatic N) is 1. The third-order valence-corrected chi connectivity index (χ3v) is 4.52. The Morgan fingerprint density at radius 2 is 2.13 bits per heavy atom. The largest absolute Gasteiger partial charge is 0.497 e. The molecule has 1 aromatic rings. The summed E-state index contributed by atoms with van der Waals surface area (Å²) in [7, 11) is 3.20. The second kappa shape index (κ2) is 8.16. The minimum Gasteiger partial charge on any atom is -0.497 e. The van der Waals surface area contributed by atoms with Gasteiger partial charge in [-0.25, -0.2) is 0 Å². The zero-order valence-corrected chi connectivity index (χ0v) is 14.6. The van der Waals surface area contributed by atoms with Crippen molar-refractivity contribution in [3.05, 3.63) is 35.4 Å². The Hall–Kier alpha value is -1.81. The molecule has 0 bridgehead atoms. The molecule has 0 N–H and O–H groups in total. The first-order chi connectivity index (χ1) is 11.1. The molecule has 0 saturated carbocycles. The third-order valence-electron chi connectivity index (χ3n) is 4.52. The summed E-state index contributed by atoms with van der Waals surface area (Å²) in [5.74, 6) is 1.51. The fourth-order valence-corrected chi connectivity index (χ4v) is 3.08. The average molecular weight is 317 g/mol. The van der Waals surface area contributed by atoms with E-state index in [4.69, 9.17) is 9.47 Å². The second-order valence-electron chi connectivity index (χ2n) is 6.14. The molecule has 23 heavy (non-hydrogen) atoms. The Morgan fingerprint density at radius 1 is 1.35 bits per heavy atom. The fraction of sp³-hybridized carbons (Fsp3) is 0.526. The van der Waals surface area contributed by atoms with Crippen LogP contribution in [0.15, 0.2) is 29.8 Å². The average Bonchev–Trinajstić information content (AvgIpc) is 2.60. The SMILES string of the molecule is C/C=C(\C)CN1CCC[C@H](C(=O)c2ccc(OC)cc2OC)C1. The molecule has 0 spiro atoms. The predicted molar refractivity (Wildman–Crippen MR) is 92.5 cm³/mol. The smallest absolute Gasteiger partial charge is 0.170 e. The molecule has 1 saturated heterocycles. The van der Waals surface area contributed by atoms with Gasteiger partial charge in [-0.2, -0.15) is 0 Å². The van der Waals surface area contributed by atoms with Gasteiger partial charge in [0, 0.05) is 25.1 Å². The lowest BCUT2D eigenvalue weighted by atomic mass is 9.89. The molecule has 2 rings (SSSR count). The van der Waals surface area contributed by atoms with Gasteiger partial charge in [-0.1, -0.05) is 11.6 Å². The van der Waals surface area contributed by atoms with Crippen molar-refractivity contribution >= 4 is 5.78 Å². The van der Waals surface area contributed by atoms with Crippen LogP contribution < -0.4 is 9.47 Å². The molecule has 4 heteroatoms. The van der Waals surface area contributed by atoms with Crippen LogP contribution in [0, 0.1) is 5.92 Å². The number of methoxy groups -OCH3 is 2. The van der Waals surface area contributed by atoms with Crippen LogP contribution in [0.4, 0.5) is 0 Å². The number of ether oxygens (including phenoxy) is 2. The number of Topliss-reactive ketones (excluding diaryl/α,β-unsaturated/α-hetero) is 1. The number of hydrogen-bond acceptors (Lipinski definition) is 4. The van der Waals surface area contributed by atoms with E-state index in [0.717, 1.165) is 32.5 Å². The highest BCUT2D eigenvalue weighted by Gasteiger charge is 2.28. The lowest BCUT2D eigenvalue weighted by Gasteiger charge is -2.32. The Bertz CT molecular complexity index is 580. The van der Waals surface area contributed by atoms with E-state index in [-0.39, 0.29) is 11.7 Å². The summed E-state index contributed by atoms with van der Waals surface area (Å²) in [6.07, 6.45) is 4.14. The molecular formula is C19H27NO3. The summed E-state index contributed by atoms with van der Waals surface area (Å²) in [6.45, 7) is 7.02. The van der Waals surface area contributed by atoms with Crippen LogP contribution in [-0.2, 0) is 0 Å². The van der Waals surface area contributed by atoms with Crippen LogP contribution in [0.5, 0.6) is 11.5 Å². The molecule has 0 aromatic heterocycles. The highest BCUT2D eigenvalue weighted by Crippen LogP contribution is 2.29. The summed E-state index contributed by atoms with van der Waals surface area (Å²) in [6, 6.07) is 5.41. The molecule has 1 aliphatic rings. The maximum Gasteiger partial charge on any atom is 0.170 e. The molecule has 0 amide bonds. The normalized spacial score (nSPS) is 19.5. The third kappa shape index (κ3) is 4.35. The molecule has 126 valence electrons. The van der Waals surface area contributed by atoms with Gasteiger partial charge in [-0.15, -0.1) is 0 Å². The minimum atomic E-state index is 0.0377. The van der Waals surface area contributed by atoms with Crippen LogP contribution in [0.2, 0.25) is 0 Å². The van der Waals surface area contributed by atoms with Gasteiger partial charge in [-0.05, 0) is 45.4 Å². The number of carbonyl (C=O) groups excluding carboxylic acids is 1. The molecule has 1 atom stereocenters. The van der Waals surface area contributed by atoms with Crippen LogP contribution in [-0.4, -0.2) is 44.5 Å². The molecule has 0 unspecified atom stereocenters. The van der Waals surface area contributed by atoms with E-state index in [1.165, 1.54) is 5.57 Å². The van der Waals surface area contributed by atoms with Crippen molar-refractivity contribution in [2.24, 2.45) is 5.92 Å². The Morgan fingerprint density at radius 3 is 2.78 bits per heavy atom. The van der Waals surface area contributed by atoms with Gasteiger partial charge >= 0.3 is 0 Å². The molecule has 1 heterocycles. The van der Waals surface area contributed by atoms with E-state index < -0.39 is 0 Å². The summed E-state index contributed by atoms with van der Waals surface area (Å²) >= 11 is 0. The predicted octanol–water partition coefficient (Wildman–Crippen LogP) is 3.56. The first-order valence-corrected chi connectivity index (χ1v) is 8.19. The number of piperidine rings is 1. The van der Waals surface area contributed by atoms with E-state index in [0.29, 0.717) is 17.1 Å². The van der Waals surface area contributed by atoms with E-state index in [9.17, 15) is 4.79 Å². The molecule has 1 fully saturated rings. The zero-order chi connectivity index (χ0) is 16.8. The summed E-state index contributed by atoms with van der Waals surface area (Å²) in [4.78, 5) is 15.3. The minimum absolute atomic E-state index is 0.0377. The summed E-state index contributed by atoms with van der Waals surface area (Å²) in [5, 5.41) is 0. The molecule has 0 radical (unpaired) electrons. The van der Waals surface area contributed by atoms with Crippen molar-refractivity contribution in [1.29, 1.82) is 0 Å². The van der Waals surface area contributed by atoms with Crippen molar-refractivity contribution in [2.75, 3.05) is 33.9 Å². The quantitative estimate of drug-likeness (QED) is 0.594. The van der Waals surface area contributed by atoms with E-state index in [1.807, 2.05) is 12.1 Å². The number of rotatable bonds is 6. The number of hydrogen-bond donors (Lipinski definition) is 0. The maximum absolute atomic E-state index is 12.9. The van der Waals surface area contributed by atoms with E-state index in [1.54, 1.807) is 20.3 Å². The topological polar surface area (TPSA) is 38.8 Å². The molecule has 0 aliphatic carbocycles. The standard InChI is InChI=1S/C19H27NO3/c1-5-14(2)12-20-10-6-7-15(13-20)19(21)17-9-8-16(22-3)11-18(17)23-4/h5,8-9,11,15H,6-7,10,12-13H2,1-4H3/b14-5+/t15-/m0/s1. The molecule has 4 nitrogen and oxygen atoms in total. The van der Waals surface area contributed by atoms with Gasteiger partial charge in [-0.3, -0.25) is 9.69 Å². The van der Waals surface area contributed by atoms with Gasteiger partial charge in [0.2, 0.25) is 0 Å². The maximum atomic E-state index is 12.9. The Kier molecular flexibility index (Phi) is 6.22. The second-order valence-corrected chi connectivity index (χ2v) is 6.14. The van der Waals surface area contributed by atoms with Crippen LogP contribution >= 0.6 is 0 Å². The van der Waals surface area contributed by atoms with Crippen LogP contribution in [0.1, 0.15) is 37.0 Å². The van der Waals surface area contributed by atoms with Gasteiger partial charge in [0.1, 0.15) is 11.5 Å². The fourth-order valence-electron chi connectivity index (χ4n) is 3.08. The number of ketones is 1. The van der Waals surface area contributed by atoms with Crippen molar-refractivity contribution < 1.29 is 14.3 Å². The lowest BCUT2D eigenvalue weighted by molar-refractivity contribution is 0.0826. The number of likely N-dealkylation sites (tertiary alicyclic amines) is 1. The summed E-state index contributed by atoms with van der Waals surface area (Å²) < 4.78 is 10.6. The van der Waals surface area contributed by atoms with Crippen LogP contribution in [0.25, 0.3) is 0 Å². The van der Waals surface area contributed by atoms with Gasteiger partial charge in [0.05, 0.1) is 19.8 Å². The Balaban J connectivity index is 2.13. The molecule has 1 aromatic carbocycles. The summed E-state index contributed by atoms with van der Waals surface area (Å²) in [5.41, 5.74) is 2.00. The molecule has 1 aliphatic heterocycles. The van der Waals surface area contributed by atoms with Crippen molar-refractivity contribution in [3.63, 3.8) is 0 Å². The van der Waals surface area contributed by atoms with Gasteiger partial charge in [0.15, 0.2) is 5.78 Å². The van der Waals surface area contributed by atoms with Gasteiger partial charge in [0.25, 0.3) is 0 Å². The van der Waals surface area contributed by atoms with E-state index >= 15 is 0 Å². The Labute approximate surface area is 139 Å². The number of carbonyl (C=O) groups is 1. The highest BCUT2D eigenvalue weighted by atomic mass is 16.5. The van der Waals surface area contributed by atoms with Crippen molar-refractivity contribution in [3.8, 4) is 11.5 Å². The van der Waals surface area contributed by atoms with Crippen LogP contribution in [0.3, 0.4) is 0 Å². The molecular weight excluding hydrogens is 290 g/mol. The first kappa shape index (κ1) is 17.5. The first-order valence-electron chi connectivity index (χ1n) is 8.19. The number of allylic oxidation sites excluding steroid dienone is 1. The van der Waals surface area contributed by atoms with Gasteiger partial charge < -0.3 is 9.47 Å². The zero-order valence-electron chi connectivity index (χ0n) is 14.6. The van der Waals surface area contributed by atoms with Crippen molar-refractivity contribution in [2.45, 2.75) is 26.7 Å². The monoisotopic (exact) mass is 317 g/mol. The highest BCUT2D eigenvalue weighted by molar-refractivity contribution is 6.00.